The molecule has 3 heterocycles. The first-order valence-corrected chi connectivity index (χ1v) is 11.6. The molecule has 2 fully saturated rings. The predicted molar refractivity (Wildman–Crippen MR) is 129 cm³/mol. The summed E-state index contributed by atoms with van der Waals surface area (Å²) >= 11 is 0. The Kier molecular flexibility index (Phi) is 7.78. The number of piperazine rings is 1. The molecule has 2 aliphatic heterocycles. The van der Waals surface area contributed by atoms with Gasteiger partial charge in [0.1, 0.15) is 11.9 Å². The summed E-state index contributed by atoms with van der Waals surface area (Å²) in [6.07, 6.45) is -1.08. The van der Waals surface area contributed by atoms with Crippen LogP contribution in [0, 0.1) is 5.82 Å². The van der Waals surface area contributed by atoms with Crippen molar-refractivity contribution in [3.8, 4) is 0 Å². The number of hydrogen-bond donors (Lipinski definition) is 3. The fourth-order valence-electron chi connectivity index (χ4n) is 4.07. The minimum Gasteiger partial charge on any atom is -0.442 e. The van der Waals surface area contributed by atoms with Crippen LogP contribution in [0.4, 0.5) is 26.4 Å². The lowest BCUT2D eigenvalue weighted by molar-refractivity contribution is -0.119. The Morgan fingerprint density at radius 1 is 1.11 bits per heavy atom. The van der Waals surface area contributed by atoms with Crippen molar-refractivity contribution in [1.82, 2.24) is 20.8 Å². The molecule has 1 aromatic carbocycles. The van der Waals surface area contributed by atoms with E-state index in [0.717, 1.165) is 0 Å². The van der Waals surface area contributed by atoms with Gasteiger partial charge in [-0.3, -0.25) is 14.5 Å². The SMILES string of the molecule is CC(=O)NC[C@H]1CN(c2ccc(N3CCN(c4ccc(C(=O)NCCO)nn4)CC3)c(F)c2)C(=O)O1. The van der Waals surface area contributed by atoms with Gasteiger partial charge in [-0.15, -0.1) is 10.2 Å². The number of amides is 3. The van der Waals surface area contributed by atoms with Crippen LogP contribution in [0.15, 0.2) is 30.3 Å². The fraction of sp³-hybridized carbons (Fsp3) is 0.435. The van der Waals surface area contributed by atoms with Crippen molar-refractivity contribution in [2.24, 2.45) is 0 Å². The number of hydrogen-bond acceptors (Lipinski definition) is 9. The smallest absolute Gasteiger partial charge is 0.414 e. The average molecular weight is 502 g/mol. The minimum absolute atomic E-state index is 0.142. The third-order valence-electron chi connectivity index (χ3n) is 5.92. The van der Waals surface area contributed by atoms with Gasteiger partial charge in [0.05, 0.1) is 31.1 Å². The number of aliphatic hydroxyl groups excluding tert-OH is 1. The second-order valence-electron chi connectivity index (χ2n) is 8.42. The van der Waals surface area contributed by atoms with Crippen molar-refractivity contribution >= 4 is 35.1 Å². The van der Waals surface area contributed by atoms with Gasteiger partial charge in [0.2, 0.25) is 5.91 Å². The maximum absolute atomic E-state index is 15.0. The molecule has 0 aliphatic carbocycles. The van der Waals surface area contributed by atoms with Crippen molar-refractivity contribution in [2.75, 3.05) is 67.1 Å². The fourth-order valence-corrected chi connectivity index (χ4v) is 4.07. The zero-order chi connectivity index (χ0) is 25.7. The van der Waals surface area contributed by atoms with Gasteiger partial charge < -0.3 is 30.3 Å². The largest absolute Gasteiger partial charge is 0.442 e. The van der Waals surface area contributed by atoms with Gasteiger partial charge in [0.15, 0.2) is 11.5 Å². The van der Waals surface area contributed by atoms with Crippen LogP contribution >= 0.6 is 0 Å². The third-order valence-corrected chi connectivity index (χ3v) is 5.92. The van der Waals surface area contributed by atoms with E-state index in [1.54, 1.807) is 24.3 Å². The molecule has 0 unspecified atom stereocenters. The van der Waals surface area contributed by atoms with Crippen LogP contribution in [-0.2, 0) is 9.53 Å². The van der Waals surface area contributed by atoms with Crippen molar-refractivity contribution in [3.05, 3.63) is 41.8 Å². The molecule has 2 aromatic rings. The lowest BCUT2D eigenvalue weighted by atomic mass is 10.2. The molecule has 4 rings (SSSR count). The number of aliphatic hydroxyl groups is 1. The highest BCUT2D eigenvalue weighted by Gasteiger charge is 2.33. The first-order valence-electron chi connectivity index (χ1n) is 11.6. The van der Waals surface area contributed by atoms with E-state index < -0.39 is 23.9 Å². The summed E-state index contributed by atoms with van der Waals surface area (Å²) in [4.78, 5) is 40.5. The second-order valence-corrected chi connectivity index (χ2v) is 8.42. The molecule has 1 aromatic heterocycles. The molecule has 0 spiro atoms. The lowest BCUT2D eigenvalue weighted by Crippen LogP contribution is -2.47. The molecule has 3 amide bonds. The quantitative estimate of drug-likeness (QED) is 0.460. The van der Waals surface area contributed by atoms with Crippen LogP contribution < -0.4 is 25.3 Å². The van der Waals surface area contributed by atoms with E-state index in [1.165, 1.54) is 17.9 Å². The molecule has 0 radical (unpaired) electrons. The number of carbonyl (C=O) groups excluding carboxylic acids is 3. The molecular weight excluding hydrogens is 473 g/mol. The molecule has 192 valence electrons. The predicted octanol–water partition coefficient (Wildman–Crippen LogP) is 0.126. The molecule has 13 heteroatoms. The summed E-state index contributed by atoms with van der Waals surface area (Å²) in [7, 11) is 0. The Morgan fingerprint density at radius 2 is 1.86 bits per heavy atom. The lowest BCUT2D eigenvalue weighted by Gasteiger charge is -2.36. The molecule has 2 aliphatic rings. The number of cyclic esters (lactones) is 1. The molecular formula is C23H28FN7O5. The van der Waals surface area contributed by atoms with E-state index in [-0.39, 0.29) is 37.8 Å². The Labute approximate surface area is 207 Å². The third kappa shape index (κ3) is 5.79. The summed E-state index contributed by atoms with van der Waals surface area (Å²) < 4.78 is 20.3. The number of anilines is 3. The van der Waals surface area contributed by atoms with E-state index in [9.17, 15) is 14.4 Å². The highest BCUT2D eigenvalue weighted by Crippen LogP contribution is 2.29. The van der Waals surface area contributed by atoms with Crippen LogP contribution in [-0.4, -0.2) is 91.7 Å². The van der Waals surface area contributed by atoms with Crippen molar-refractivity contribution in [2.45, 2.75) is 13.0 Å². The summed E-state index contributed by atoms with van der Waals surface area (Å²) in [6, 6.07) is 7.92. The monoisotopic (exact) mass is 501 g/mol. The Morgan fingerprint density at radius 3 is 2.50 bits per heavy atom. The first kappa shape index (κ1) is 25.1. The molecule has 2 saturated heterocycles. The van der Waals surface area contributed by atoms with Gasteiger partial charge in [-0.1, -0.05) is 0 Å². The average Bonchev–Trinajstić information content (AvgIpc) is 3.26. The number of halogens is 1. The van der Waals surface area contributed by atoms with E-state index in [1.807, 2.05) is 9.80 Å². The van der Waals surface area contributed by atoms with Crippen LogP contribution in [0.3, 0.4) is 0 Å². The summed E-state index contributed by atoms with van der Waals surface area (Å²) in [5, 5.41) is 22.0. The first-order chi connectivity index (χ1) is 17.4. The summed E-state index contributed by atoms with van der Waals surface area (Å²) in [6.45, 7) is 4.03. The Balaban J connectivity index is 1.34. The normalized spacial score (nSPS) is 17.7. The molecule has 0 bridgehead atoms. The number of nitrogens with zero attached hydrogens (tertiary/aromatic N) is 5. The highest BCUT2D eigenvalue weighted by molar-refractivity contribution is 5.92. The highest BCUT2D eigenvalue weighted by atomic mass is 19.1. The zero-order valence-corrected chi connectivity index (χ0v) is 19.8. The number of ether oxygens (including phenoxy) is 1. The van der Waals surface area contributed by atoms with Crippen LogP contribution in [0.5, 0.6) is 0 Å². The van der Waals surface area contributed by atoms with Crippen LogP contribution in [0.25, 0.3) is 0 Å². The molecule has 36 heavy (non-hydrogen) atoms. The Hall–Kier alpha value is -4.00. The maximum Gasteiger partial charge on any atom is 0.414 e. The van der Waals surface area contributed by atoms with Gasteiger partial charge in [-0.25, -0.2) is 9.18 Å². The van der Waals surface area contributed by atoms with Gasteiger partial charge in [-0.05, 0) is 30.3 Å². The Bertz CT molecular complexity index is 1110. The van der Waals surface area contributed by atoms with Gasteiger partial charge in [0.25, 0.3) is 5.91 Å². The van der Waals surface area contributed by atoms with Crippen molar-refractivity contribution in [1.29, 1.82) is 0 Å². The van der Waals surface area contributed by atoms with Crippen LogP contribution in [0.2, 0.25) is 0 Å². The summed E-state index contributed by atoms with van der Waals surface area (Å²) in [5.74, 6) is -0.453. The van der Waals surface area contributed by atoms with Crippen LogP contribution in [0.1, 0.15) is 17.4 Å². The molecule has 3 N–H and O–H groups in total. The minimum atomic E-state index is -0.580. The van der Waals surface area contributed by atoms with Crippen molar-refractivity contribution < 1.29 is 28.6 Å². The van der Waals surface area contributed by atoms with Gasteiger partial charge in [0, 0.05) is 39.6 Å². The number of aromatic nitrogens is 2. The van der Waals surface area contributed by atoms with E-state index in [0.29, 0.717) is 43.4 Å². The molecule has 0 saturated carbocycles. The summed E-state index contributed by atoms with van der Waals surface area (Å²) in [5.41, 5.74) is 0.989. The number of benzene rings is 1. The van der Waals surface area contributed by atoms with Gasteiger partial charge >= 0.3 is 6.09 Å². The number of carbonyl (C=O) groups is 3. The number of rotatable bonds is 8. The zero-order valence-electron chi connectivity index (χ0n) is 19.8. The maximum atomic E-state index is 15.0. The van der Waals surface area contributed by atoms with E-state index in [4.69, 9.17) is 9.84 Å². The van der Waals surface area contributed by atoms with Crippen molar-refractivity contribution in [3.63, 3.8) is 0 Å². The standard InChI is InChI=1S/C23H28FN7O5/c1-15(33)26-13-17-14-31(23(35)36-17)16-2-4-20(18(24)12-16)29-7-9-30(10-8-29)21-5-3-19(27-28-21)22(34)25-6-11-32/h2-5,12,17,32H,6-11,13-14H2,1H3,(H,25,34)(H,26,33)/t17-/m0/s1. The van der Waals surface area contributed by atoms with E-state index >= 15 is 4.39 Å². The van der Waals surface area contributed by atoms with E-state index in [2.05, 4.69) is 20.8 Å². The second kappa shape index (κ2) is 11.2. The number of nitrogens with one attached hydrogen (secondary N) is 2. The van der Waals surface area contributed by atoms with Gasteiger partial charge in [-0.2, -0.15) is 0 Å². The molecule has 12 nitrogen and oxygen atoms in total. The molecule has 1 atom stereocenters. The topological polar surface area (TPSA) is 140 Å².